The van der Waals surface area contributed by atoms with Crippen molar-refractivity contribution in [2.24, 2.45) is 5.16 Å². The summed E-state index contributed by atoms with van der Waals surface area (Å²) in [6.45, 7) is 0. The van der Waals surface area contributed by atoms with Crippen molar-refractivity contribution in [1.29, 1.82) is 0 Å². The molecular formula is C18H11Cl3F6N2O2. The van der Waals surface area contributed by atoms with Crippen LogP contribution in [0.1, 0.15) is 12.0 Å². The molecule has 13 heteroatoms. The lowest BCUT2D eigenvalue weighted by Gasteiger charge is -2.30. The Morgan fingerprint density at radius 2 is 1.74 bits per heavy atom. The van der Waals surface area contributed by atoms with Crippen molar-refractivity contribution < 1.29 is 36.0 Å². The highest BCUT2D eigenvalue weighted by Gasteiger charge is 2.62. The van der Waals surface area contributed by atoms with E-state index in [-0.39, 0.29) is 21.3 Å². The van der Waals surface area contributed by atoms with Crippen molar-refractivity contribution in [2.75, 3.05) is 0 Å². The number of carbonyl (C=O) groups excluding carboxylic acids is 1. The van der Waals surface area contributed by atoms with Crippen LogP contribution in [0.5, 0.6) is 0 Å². The van der Waals surface area contributed by atoms with E-state index in [1.165, 1.54) is 18.2 Å². The summed E-state index contributed by atoms with van der Waals surface area (Å²) < 4.78 is 79.7. The van der Waals surface area contributed by atoms with Crippen molar-refractivity contribution in [1.82, 2.24) is 5.32 Å². The van der Waals surface area contributed by atoms with Gasteiger partial charge in [-0.15, -0.1) is 11.6 Å². The van der Waals surface area contributed by atoms with Gasteiger partial charge in [-0.1, -0.05) is 46.6 Å². The summed E-state index contributed by atoms with van der Waals surface area (Å²) in [4.78, 5) is 16.0. The molecule has 2 aliphatic rings. The Labute approximate surface area is 186 Å². The highest BCUT2D eigenvalue weighted by atomic mass is 35.5. The van der Waals surface area contributed by atoms with Gasteiger partial charge in [-0.05, 0) is 23.8 Å². The molecule has 4 nitrogen and oxygen atoms in total. The molecule has 0 radical (unpaired) electrons. The summed E-state index contributed by atoms with van der Waals surface area (Å²) in [5.41, 5.74) is -3.49. The number of hydrogen-bond acceptors (Lipinski definition) is 3. The Balaban J connectivity index is 1.92. The highest BCUT2D eigenvalue weighted by Crippen LogP contribution is 2.50. The van der Waals surface area contributed by atoms with Crippen LogP contribution in [0.4, 0.5) is 26.3 Å². The molecule has 0 fully saturated rings. The number of alkyl halides is 7. The molecule has 1 aliphatic heterocycles. The first-order valence-electron chi connectivity index (χ1n) is 8.43. The molecule has 1 amide bonds. The predicted octanol–water partition coefficient (Wildman–Crippen LogP) is 5.68. The van der Waals surface area contributed by atoms with Gasteiger partial charge in [0.2, 0.25) is 0 Å². The highest BCUT2D eigenvalue weighted by molar-refractivity contribution is 6.34. The van der Waals surface area contributed by atoms with Crippen LogP contribution in [0.15, 0.2) is 47.2 Å². The van der Waals surface area contributed by atoms with E-state index < -0.39 is 47.3 Å². The summed E-state index contributed by atoms with van der Waals surface area (Å²) in [7, 11) is 0. The third kappa shape index (κ3) is 4.80. The van der Waals surface area contributed by atoms with Crippen LogP contribution in [0.2, 0.25) is 10.0 Å². The molecule has 3 unspecified atom stereocenters. The van der Waals surface area contributed by atoms with Gasteiger partial charge in [0, 0.05) is 22.0 Å². The molecule has 0 spiro atoms. The number of carbonyl (C=O) groups is 1. The Bertz CT molecular complexity index is 969. The van der Waals surface area contributed by atoms with Crippen molar-refractivity contribution in [3.63, 3.8) is 0 Å². The molecule has 0 saturated carbocycles. The first-order chi connectivity index (χ1) is 14.2. The Morgan fingerprint density at radius 1 is 1.13 bits per heavy atom. The first kappa shape index (κ1) is 23.7. The fourth-order valence-electron chi connectivity index (χ4n) is 3.05. The minimum Gasteiger partial charge on any atom is -0.374 e. The number of nitrogens with one attached hydrogen (secondary N) is 1. The number of allylic oxidation sites excluding steroid dienone is 2. The topological polar surface area (TPSA) is 50.7 Å². The smallest absolute Gasteiger partial charge is 0.374 e. The molecule has 1 aromatic rings. The molecule has 1 aromatic carbocycles. The van der Waals surface area contributed by atoms with Crippen LogP contribution in [0.25, 0.3) is 0 Å². The summed E-state index contributed by atoms with van der Waals surface area (Å²) in [6.07, 6.45) is -7.31. The van der Waals surface area contributed by atoms with E-state index in [9.17, 15) is 31.1 Å². The van der Waals surface area contributed by atoms with Gasteiger partial charge >= 0.3 is 18.3 Å². The average molecular weight is 508 g/mol. The third-order valence-electron chi connectivity index (χ3n) is 4.57. The second-order valence-corrected chi connectivity index (χ2v) is 8.09. The molecule has 1 heterocycles. The molecule has 1 aliphatic carbocycles. The number of oxime groups is 1. The van der Waals surface area contributed by atoms with E-state index in [0.29, 0.717) is 0 Å². The molecule has 3 atom stereocenters. The number of nitrogens with zero attached hydrogens (tertiary/aromatic N) is 1. The van der Waals surface area contributed by atoms with Gasteiger partial charge in [-0.3, -0.25) is 4.79 Å². The zero-order chi connectivity index (χ0) is 23.2. The molecule has 0 aromatic heterocycles. The molecule has 168 valence electrons. The predicted molar refractivity (Wildman–Crippen MR) is 102 cm³/mol. The first-order valence-corrected chi connectivity index (χ1v) is 9.63. The van der Waals surface area contributed by atoms with Crippen molar-refractivity contribution >= 4 is 46.4 Å². The number of halogens is 9. The SMILES string of the molecule is O=C(NC1C=C(C2=NOC(c3cc(Cl)cc(Cl)c3)(C(F)(F)F)C2)C=CC1Cl)C(F)(F)F. The van der Waals surface area contributed by atoms with Gasteiger partial charge in [-0.2, -0.15) is 26.3 Å². The number of amides is 1. The van der Waals surface area contributed by atoms with E-state index in [1.54, 1.807) is 5.32 Å². The van der Waals surface area contributed by atoms with Crippen LogP contribution in [-0.4, -0.2) is 35.4 Å². The van der Waals surface area contributed by atoms with Gasteiger partial charge < -0.3 is 10.2 Å². The third-order valence-corrected chi connectivity index (χ3v) is 5.42. The van der Waals surface area contributed by atoms with Gasteiger partial charge in [-0.25, -0.2) is 0 Å². The van der Waals surface area contributed by atoms with Crippen molar-refractivity contribution in [3.05, 3.63) is 57.6 Å². The average Bonchev–Trinajstić information content (AvgIpc) is 3.08. The van der Waals surface area contributed by atoms with Crippen LogP contribution in [0.3, 0.4) is 0 Å². The molecule has 0 saturated heterocycles. The lowest BCUT2D eigenvalue weighted by Crippen LogP contribution is -2.46. The molecular weight excluding hydrogens is 497 g/mol. The molecule has 0 bridgehead atoms. The summed E-state index contributed by atoms with van der Waals surface area (Å²) in [6, 6.07) is 1.98. The fourth-order valence-corrected chi connectivity index (χ4v) is 3.78. The lowest BCUT2D eigenvalue weighted by atomic mass is 9.85. The summed E-state index contributed by atoms with van der Waals surface area (Å²) >= 11 is 17.6. The quantitative estimate of drug-likeness (QED) is 0.423. The second kappa shape index (κ2) is 8.22. The van der Waals surface area contributed by atoms with Gasteiger partial charge in [0.25, 0.3) is 5.60 Å². The zero-order valence-corrected chi connectivity index (χ0v) is 17.3. The Kier molecular flexibility index (Phi) is 6.29. The number of rotatable bonds is 3. The van der Waals surface area contributed by atoms with E-state index >= 15 is 0 Å². The zero-order valence-electron chi connectivity index (χ0n) is 15.0. The second-order valence-electron chi connectivity index (χ2n) is 6.71. The normalized spacial score (nSPS) is 26.2. The number of hydrogen-bond donors (Lipinski definition) is 1. The summed E-state index contributed by atoms with van der Waals surface area (Å²) in [5.74, 6) is -2.24. The maximum Gasteiger partial charge on any atom is 0.471 e. The minimum absolute atomic E-state index is 0.0172. The number of benzene rings is 1. The molecule has 3 rings (SSSR count). The maximum absolute atomic E-state index is 14.0. The van der Waals surface area contributed by atoms with Crippen LogP contribution in [0, 0.1) is 0 Å². The Hall–Kier alpha value is -1.91. The largest absolute Gasteiger partial charge is 0.471 e. The van der Waals surface area contributed by atoms with E-state index in [0.717, 1.165) is 18.2 Å². The van der Waals surface area contributed by atoms with Crippen molar-refractivity contribution in [3.8, 4) is 0 Å². The fraction of sp³-hybridized carbons (Fsp3) is 0.333. The van der Waals surface area contributed by atoms with Gasteiger partial charge in [0.15, 0.2) is 0 Å². The lowest BCUT2D eigenvalue weighted by molar-refractivity contribution is -0.275. The molecule has 31 heavy (non-hydrogen) atoms. The monoisotopic (exact) mass is 506 g/mol. The standard InChI is InChI=1S/C18H11Cl3F6N2O2/c19-10-4-9(5-11(20)6-10)16(18(25,26)27)7-14(29-31-16)8-1-2-12(21)13(3-8)28-15(30)17(22,23)24/h1-6,12-13H,7H2,(H,28,30). The Morgan fingerprint density at radius 3 is 2.29 bits per heavy atom. The van der Waals surface area contributed by atoms with Gasteiger partial charge in [0.05, 0.1) is 17.1 Å². The van der Waals surface area contributed by atoms with Crippen LogP contribution in [-0.2, 0) is 15.2 Å². The molecule has 1 N–H and O–H groups in total. The minimum atomic E-state index is -5.16. The summed E-state index contributed by atoms with van der Waals surface area (Å²) in [5, 5.41) is 4.03. The van der Waals surface area contributed by atoms with Crippen LogP contribution < -0.4 is 5.32 Å². The maximum atomic E-state index is 14.0. The van der Waals surface area contributed by atoms with Crippen LogP contribution >= 0.6 is 34.8 Å². The van der Waals surface area contributed by atoms with Gasteiger partial charge in [0.1, 0.15) is 0 Å². The van der Waals surface area contributed by atoms with E-state index in [1.807, 2.05) is 0 Å². The van der Waals surface area contributed by atoms with E-state index in [4.69, 9.17) is 39.6 Å². The van der Waals surface area contributed by atoms with E-state index in [2.05, 4.69) is 5.16 Å². The van der Waals surface area contributed by atoms with Crippen molar-refractivity contribution in [2.45, 2.75) is 35.8 Å².